The minimum absolute atomic E-state index is 0.0925. The van der Waals surface area contributed by atoms with Crippen LogP contribution in [-0.2, 0) is 32.3 Å². The maximum absolute atomic E-state index is 13.1. The number of methoxy groups -OCH3 is 1. The molecule has 3 heterocycles. The first-order valence-electron chi connectivity index (χ1n) is 15.9. The Kier molecular flexibility index (Phi) is 9.87. The van der Waals surface area contributed by atoms with E-state index in [0.717, 1.165) is 52.8 Å². The molecule has 1 aliphatic carbocycles. The standard InChI is InChI=1S/C34H48N6O4SSi/c1-32(2,3)45(41)39-34(14-11-15-34)30-13-10-12-27(38-30)24-18-28-26(29(19-24)43-17-16-42-7)21-36-40(28)31-22-35-20-25(37-31)23-44-46(8,9)33(4,5)6/h10,12-13,18-22,39H,11,14-17,23H2,1-9H3. The molecule has 1 aliphatic rings. The first-order chi connectivity index (χ1) is 21.6. The van der Waals surface area contributed by atoms with Crippen LogP contribution in [0, 0.1) is 0 Å². The van der Waals surface area contributed by atoms with E-state index >= 15 is 0 Å². The van der Waals surface area contributed by atoms with Crippen LogP contribution in [0.1, 0.15) is 72.2 Å². The van der Waals surface area contributed by atoms with Crippen molar-refractivity contribution in [3.63, 3.8) is 0 Å². The summed E-state index contributed by atoms with van der Waals surface area (Å²) in [4.78, 5) is 14.5. The van der Waals surface area contributed by atoms with Gasteiger partial charge in [0.15, 0.2) is 14.1 Å². The molecule has 1 fully saturated rings. The minimum Gasteiger partial charge on any atom is -0.490 e. The van der Waals surface area contributed by atoms with Crippen molar-refractivity contribution in [3.05, 3.63) is 60.3 Å². The third-order valence-electron chi connectivity index (χ3n) is 9.06. The van der Waals surface area contributed by atoms with Crippen molar-refractivity contribution in [2.24, 2.45) is 0 Å². The fraction of sp³-hybridized carbons (Fsp3) is 0.529. The third kappa shape index (κ3) is 7.26. The van der Waals surface area contributed by atoms with Crippen LogP contribution < -0.4 is 9.46 Å². The molecule has 248 valence electrons. The Labute approximate surface area is 276 Å². The summed E-state index contributed by atoms with van der Waals surface area (Å²) < 4.78 is 35.9. The number of hydrogen-bond acceptors (Lipinski definition) is 8. The van der Waals surface area contributed by atoms with E-state index in [-0.39, 0.29) is 9.79 Å². The van der Waals surface area contributed by atoms with Crippen LogP contribution in [0.15, 0.2) is 48.9 Å². The van der Waals surface area contributed by atoms with Crippen LogP contribution in [0.3, 0.4) is 0 Å². The van der Waals surface area contributed by atoms with E-state index in [9.17, 15) is 4.21 Å². The molecule has 0 saturated heterocycles. The van der Waals surface area contributed by atoms with Gasteiger partial charge in [0.25, 0.3) is 0 Å². The predicted octanol–water partition coefficient (Wildman–Crippen LogP) is 6.86. The predicted molar refractivity (Wildman–Crippen MR) is 186 cm³/mol. The summed E-state index contributed by atoms with van der Waals surface area (Å²) in [5, 5.41) is 5.66. The quantitative estimate of drug-likeness (QED) is 0.129. The van der Waals surface area contributed by atoms with Crippen molar-refractivity contribution in [1.82, 2.24) is 29.5 Å². The molecule has 3 aromatic heterocycles. The van der Waals surface area contributed by atoms with Crippen LogP contribution in [0.25, 0.3) is 28.0 Å². The smallest absolute Gasteiger partial charge is 0.192 e. The molecular formula is C34H48N6O4SSi. The van der Waals surface area contributed by atoms with Crippen LogP contribution >= 0.6 is 0 Å². The molecule has 12 heteroatoms. The molecule has 1 aromatic carbocycles. The molecule has 0 spiro atoms. The topological polar surface area (TPSA) is 113 Å². The van der Waals surface area contributed by atoms with Gasteiger partial charge in [-0.25, -0.2) is 18.6 Å². The van der Waals surface area contributed by atoms with Gasteiger partial charge in [0.1, 0.15) is 12.4 Å². The zero-order valence-corrected chi connectivity index (χ0v) is 30.5. The first-order valence-corrected chi connectivity index (χ1v) is 20.0. The molecular weight excluding hydrogens is 617 g/mol. The zero-order chi connectivity index (χ0) is 33.3. The summed E-state index contributed by atoms with van der Waals surface area (Å²) in [7, 11) is -1.53. The average molecular weight is 665 g/mol. The van der Waals surface area contributed by atoms with E-state index in [4.69, 9.17) is 29.0 Å². The van der Waals surface area contributed by atoms with Crippen LogP contribution in [-0.4, -0.2) is 62.3 Å². The fourth-order valence-electron chi connectivity index (χ4n) is 4.95. The van der Waals surface area contributed by atoms with Gasteiger partial charge in [0, 0.05) is 12.7 Å². The third-order valence-corrected chi connectivity index (χ3v) is 15.2. The minimum atomic E-state index is -1.96. The second kappa shape index (κ2) is 13.2. The van der Waals surface area contributed by atoms with Gasteiger partial charge in [-0.3, -0.25) is 9.97 Å². The number of fused-ring (bicyclic) bond motifs is 1. The van der Waals surface area contributed by atoms with Gasteiger partial charge in [-0.05, 0) is 82.4 Å². The maximum Gasteiger partial charge on any atom is 0.192 e. The first kappa shape index (κ1) is 34.3. The van der Waals surface area contributed by atoms with E-state index in [2.05, 4.69) is 49.6 Å². The van der Waals surface area contributed by atoms with Gasteiger partial charge >= 0.3 is 0 Å². The number of nitrogens with one attached hydrogen (secondary N) is 1. The van der Waals surface area contributed by atoms with E-state index in [1.807, 2.05) is 45.0 Å². The van der Waals surface area contributed by atoms with Crippen molar-refractivity contribution in [1.29, 1.82) is 0 Å². The van der Waals surface area contributed by atoms with E-state index < -0.39 is 24.8 Å². The highest BCUT2D eigenvalue weighted by molar-refractivity contribution is 7.84. The van der Waals surface area contributed by atoms with Crippen molar-refractivity contribution in [2.45, 2.75) is 95.8 Å². The fourth-order valence-corrected chi connectivity index (χ4v) is 6.86. The lowest BCUT2D eigenvalue weighted by atomic mass is 9.75. The number of hydrogen-bond donors (Lipinski definition) is 1. The summed E-state index contributed by atoms with van der Waals surface area (Å²) in [5.41, 5.74) is 3.71. The van der Waals surface area contributed by atoms with Gasteiger partial charge in [0.2, 0.25) is 0 Å². The largest absolute Gasteiger partial charge is 0.490 e. The Hall–Kier alpha value is -3.03. The SMILES string of the molecule is COCCOc1cc(-c2cccc(C3(NS(=O)C(C)(C)C)CCC3)n2)cc2c1cnn2-c1cncc(CO[Si](C)(C)C(C)(C)C)n1. The van der Waals surface area contributed by atoms with Crippen molar-refractivity contribution >= 4 is 30.2 Å². The Morgan fingerprint density at radius 3 is 2.43 bits per heavy atom. The van der Waals surface area contributed by atoms with E-state index in [1.54, 1.807) is 30.4 Å². The summed E-state index contributed by atoms with van der Waals surface area (Å²) >= 11 is 0. The summed E-state index contributed by atoms with van der Waals surface area (Å²) in [6, 6.07) is 10.1. The number of nitrogens with zero attached hydrogens (tertiary/aromatic N) is 5. The van der Waals surface area contributed by atoms with Crippen LogP contribution in [0.2, 0.25) is 18.1 Å². The highest BCUT2D eigenvalue weighted by atomic mass is 32.2. The Morgan fingerprint density at radius 2 is 1.78 bits per heavy atom. The van der Waals surface area contributed by atoms with Crippen LogP contribution in [0.4, 0.5) is 0 Å². The van der Waals surface area contributed by atoms with Gasteiger partial charge in [-0.2, -0.15) is 5.10 Å². The highest BCUT2D eigenvalue weighted by Crippen LogP contribution is 2.42. The van der Waals surface area contributed by atoms with E-state index in [0.29, 0.717) is 31.4 Å². The molecule has 4 aromatic rings. The zero-order valence-electron chi connectivity index (χ0n) is 28.6. The van der Waals surface area contributed by atoms with E-state index in [1.165, 1.54) is 0 Å². The van der Waals surface area contributed by atoms with Gasteiger partial charge in [-0.15, -0.1) is 0 Å². The van der Waals surface area contributed by atoms with Crippen molar-refractivity contribution < 1.29 is 18.1 Å². The molecule has 1 saturated carbocycles. The lowest BCUT2D eigenvalue weighted by molar-refractivity contribution is 0.147. The number of pyridine rings is 1. The maximum atomic E-state index is 13.1. The molecule has 1 atom stereocenters. The average Bonchev–Trinajstić information content (AvgIpc) is 3.41. The number of aromatic nitrogens is 5. The molecule has 5 rings (SSSR count). The lowest BCUT2D eigenvalue weighted by Crippen LogP contribution is -2.52. The number of rotatable bonds is 12. The number of benzene rings is 1. The van der Waals surface area contributed by atoms with Gasteiger partial charge in [0.05, 0.1) is 81.1 Å². The summed E-state index contributed by atoms with van der Waals surface area (Å²) in [6.07, 6.45) is 8.08. The normalized spacial score (nSPS) is 15.9. The molecule has 0 radical (unpaired) electrons. The summed E-state index contributed by atoms with van der Waals surface area (Å²) in [5.74, 6) is 1.27. The monoisotopic (exact) mass is 664 g/mol. The molecule has 0 bridgehead atoms. The van der Waals surface area contributed by atoms with Crippen molar-refractivity contribution in [3.8, 4) is 22.8 Å². The lowest BCUT2D eigenvalue weighted by Gasteiger charge is -2.43. The van der Waals surface area contributed by atoms with Gasteiger partial charge < -0.3 is 13.9 Å². The van der Waals surface area contributed by atoms with Crippen LogP contribution in [0.5, 0.6) is 5.75 Å². The molecule has 10 nitrogen and oxygen atoms in total. The molecule has 0 aliphatic heterocycles. The van der Waals surface area contributed by atoms with Crippen molar-refractivity contribution in [2.75, 3.05) is 20.3 Å². The molecule has 0 amide bonds. The Balaban J connectivity index is 1.53. The number of ether oxygens (including phenoxy) is 2. The Bertz CT molecular complexity index is 1710. The molecule has 46 heavy (non-hydrogen) atoms. The summed E-state index contributed by atoms with van der Waals surface area (Å²) in [6.45, 7) is 18.3. The molecule has 1 N–H and O–H groups in total. The molecule has 1 unspecified atom stereocenters. The second-order valence-electron chi connectivity index (χ2n) is 14.5. The second-order valence-corrected chi connectivity index (χ2v) is 21.3. The Morgan fingerprint density at radius 1 is 1.02 bits per heavy atom. The van der Waals surface area contributed by atoms with Gasteiger partial charge in [-0.1, -0.05) is 26.8 Å². The highest BCUT2D eigenvalue weighted by Gasteiger charge is 2.43.